The van der Waals surface area contributed by atoms with Gasteiger partial charge in [0.05, 0.1) is 0 Å². The van der Waals surface area contributed by atoms with Crippen LogP contribution in [0.3, 0.4) is 0 Å². The van der Waals surface area contributed by atoms with E-state index in [1.54, 1.807) is 0 Å². The van der Waals surface area contributed by atoms with Crippen LogP contribution < -0.4 is 0 Å². The molecule has 0 spiro atoms. The van der Waals surface area contributed by atoms with E-state index < -0.39 is 36.6 Å². The molecule has 0 amide bonds. The zero-order valence-electron chi connectivity index (χ0n) is 7.11. The SMILES string of the molecule is CO[C@@H]1[C@@H](O)[C@H](O)[C@@H](O)[C@H](O)[C@@H]1O. The van der Waals surface area contributed by atoms with E-state index in [0.29, 0.717) is 0 Å². The lowest BCUT2D eigenvalue weighted by Gasteiger charge is -2.40. The van der Waals surface area contributed by atoms with Crippen LogP contribution in [0.2, 0.25) is 0 Å². The number of methoxy groups -OCH3 is 1. The molecule has 6 heteroatoms. The van der Waals surface area contributed by atoms with Gasteiger partial charge in [-0.3, -0.25) is 0 Å². The molecule has 0 bridgehead atoms. The Morgan fingerprint density at radius 1 is 0.692 bits per heavy atom. The Morgan fingerprint density at radius 3 is 1.31 bits per heavy atom. The molecule has 0 aromatic heterocycles. The van der Waals surface area contributed by atoms with Crippen LogP contribution in [0.1, 0.15) is 0 Å². The van der Waals surface area contributed by atoms with Crippen LogP contribution in [0.5, 0.6) is 0 Å². The molecular formula is C7H14O6. The van der Waals surface area contributed by atoms with Gasteiger partial charge in [0.15, 0.2) is 0 Å². The minimum atomic E-state index is -1.56. The highest BCUT2D eigenvalue weighted by molar-refractivity contribution is 4.99. The van der Waals surface area contributed by atoms with Crippen LogP contribution in [-0.2, 0) is 4.74 Å². The van der Waals surface area contributed by atoms with Gasteiger partial charge in [0.1, 0.15) is 36.6 Å². The first-order valence-corrected chi connectivity index (χ1v) is 3.93. The number of rotatable bonds is 1. The molecule has 6 atom stereocenters. The van der Waals surface area contributed by atoms with E-state index in [4.69, 9.17) is 5.11 Å². The average molecular weight is 194 g/mol. The summed E-state index contributed by atoms with van der Waals surface area (Å²) in [6.45, 7) is 0. The van der Waals surface area contributed by atoms with Crippen LogP contribution in [0.4, 0.5) is 0 Å². The maximum atomic E-state index is 9.29. The van der Waals surface area contributed by atoms with Crippen molar-refractivity contribution in [2.75, 3.05) is 7.11 Å². The fourth-order valence-corrected chi connectivity index (χ4v) is 1.48. The van der Waals surface area contributed by atoms with Crippen LogP contribution in [0.15, 0.2) is 0 Å². The van der Waals surface area contributed by atoms with Crippen LogP contribution in [0, 0.1) is 0 Å². The van der Waals surface area contributed by atoms with Crippen molar-refractivity contribution in [1.82, 2.24) is 0 Å². The second-order valence-electron chi connectivity index (χ2n) is 3.15. The highest BCUT2D eigenvalue weighted by Crippen LogP contribution is 2.23. The Labute approximate surface area is 75.0 Å². The van der Waals surface area contributed by atoms with Gasteiger partial charge in [0, 0.05) is 7.11 Å². The summed E-state index contributed by atoms with van der Waals surface area (Å²) in [7, 11) is 1.23. The van der Waals surface area contributed by atoms with Crippen molar-refractivity contribution >= 4 is 0 Å². The molecule has 1 aliphatic rings. The van der Waals surface area contributed by atoms with Crippen LogP contribution >= 0.6 is 0 Å². The van der Waals surface area contributed by atoms with Crippen molar-refractivity contribution in [3.8, 4) is 0 Å². The molecular weight excluding hydrogens is 180 g/mol. The first kappa shape index (κ1) is 10.8. The maximum Gasteiger partial charge on any atom is 0.114 e. The average Bonchev–Trinajstić information content (AvgIpc) is 2.13. The second-order valence-corrected chi connectivity index (χ2v) is 3.15. The van der Waals surface area contributed by atoms with E-state index in [0.717, 1.165) is 0 Å². The molecule has 0 unspecified atom stereocenters. The number of aliphatic hydroxyl groups is 5. The fraction of sp³-hybridized carbons (Fsp3) is 1.00. The number of hydrogen-bond donors (Lipinski definition) is 5. The lowest BCUT2D eigenvalue weighted by Crippen LogP contribution is -2.64. The molecule has 0 heterocycles. The first-order chi connectivity index (χ1) is 6.00. The Hall–Kier alpha value is -0.240. The number of ether oxygens (including phenoxy) is 1. The molecule has 6 nitrogen and oxygen atoms in total. The minimum absolute atomic E-state index is 1.09. The molecule has 0 radical (unpaired) electrons. The summed E-state index contributed by atoms with van der Waals surface area (Å²) >= 11 is 0. The predicted molar refractivity (Wildman–Crippen MR) is 40.8 cm³/mol. The van der Waals surface area contributed by atoms with E-state index in [9.17, 15) is 20.4 Å². The third kappa shape index (κ3) is 1.69. The normalized spacial score (nSPS) is 52.2. The summed E-state index contributed by atoms with van der Waals surface area (Å²) < 4.78 is 4.67. The van der Waals surface area contributed by atoms with Crippen molar-refractivity contribution in [2.24, 2.45) is 0 Å². The molecule has 0 saturated heterocycles. The van der Waals surface area contributed by atoms with Gasteiger partial charge in [-0.25, -0.2) is 0 Å². The zero-order chi connectivity index (χ0) is 10.2. The van der Waals surface area contributed by atoms with Crippen molar-refractivity contribution in [2.45, 2.75) is 36.6 Å². The molecule has 0 aliphatic heterocycles. The highest BCUT2D eigenvalue weighted by Gasteiger charge is 2.48. The zero-order valence-corrected chi connectivity index (χ0v) is 7.11. The Bertz CT molecular complexity index is 158. The quantitative estimate of drug-likeness (QED) is 0.301. The van der Waals surface area contributed by atoms with E-state index in [2.05, 4.69) is 4.74 Å². The number of hydrogen-bond acceptors (Lipinski definition) is 6. The van der Waals surface area contributed by atoms with Gasteiger partial charge in [-0.1, -0.05) is 0 Å². The standard InChI is InChI=1S/C7H14O6/c1-13-7-5(11)3(9)2(8)4(10)6(7)12/h2-12H,1H3/t2-,3-,4+,5-,6-,7-/m0/s1. The van der Waals surface area contributed by atoms with E-state index in [-0.39, 0.29) is 0 Å². The topological polar surface area (TPSA) is 110 Å². The van der Waals surface area contributed by atoms with E-state index in [1.165, 1.54) is 7.11 Å². The van der Waals surface area contributed by atoms with E-state index >= 15 is 0 Å². The van der Waals surface area contributed by atoms with Crippen molar-refractivity contribution < 1.29 is 30.3 Å². The summed E-state index contributed by atoms with van der Waals surface area (Å²) in [4.78, 5) is 0. The van der Waals surface area contributed by atoms with E-state index in [1.807, 2.05) is 0 Å². The van der Waals surface area contributed by atoms with Crippen LogP contribution in [-0.4, -0.2) is 69.3 Å². The van der Waals surface area contributed by atoms with Gasteiger partial charge in [-0.15, -0.1) is 0 Å². The van der Waals surface area contributed by atoms with Gasteiger partial charge in [-0.05, 0) is 0 Å². The summed E-state index contributed by atoms with van der Waals surface area (Å²) in [6, 6.07) is 0. The molecule has 1 aliphatic carbocycles. The van der Waals surface area contributed by atoms with Crippen LogP contribution in [0.25, 0.3) is 0 Å². The number of aliphatic hydroxyl groups excluding tert-OH is 5. The molecule has 0 aromatic carbocycles. The van der Waals surface area contributed by atoms with Gasteiger partial charge in [0.2, 0.25) is 0 Å². The monoisotopic (exact) mass is 194 g/mol. The third-order valence-electron chi connectivity index (χ3n) is 2.35. The second kappa shape index (κ2) is 3.87. The summed E-state index contributed by atoms with van der Waals surface area (Å²) in [5.74, 6) is 0. The molecule has 1 fully saturated rings. The predicted octanol–water partition coefficient (Wildman–Crippen LogP) is -3.18. The fourth-order valence-electron chi connectivity index (χ4n) is 1.48. The Kier molecular flexibility index (Phi) is 3.23. The third-order valence-corrected chi connectivity index (χ3v) is 2.35. The van der Waals surface area contributed by atoms with Gasteiger partial charge in [0.25, 0.3) is 0 Å². The molecule has 0 aromatic rings. The largest absolute Gasteiger partial charge is 0.387 e. The summed E-state index contributed by atoms with van der Waals surface area (Å²) in [5, 5.41) is 46.1. The molecule has 13 heavy (non-hydrogen) atoms. The smallest absolute Gasteiger partial charge is 0.114 e. The summed E-state index contributed by atoms with van der Waals surface area (Å²) in [6.07, 6.45) is -8.48. The molecule has 1 saturated carbocycles. The molecule has 1 rings (SSSR count). The van der Waals surface area contributed by atoms with Gasteiger partial charge in [-0.2, -0.15) is 0 Å². The van der Waals surface area contributed by atoms with Crippen molar-refractivity contribution in [3.63, 3.8) is 0 Å². The first-order valence-electron chi connectivity index (χ1n) is 3.93. The Morgan fingerprint density at radius 2 is 1.00 bits per heavy atom. The maximum absolute atomic E-state index is 9.29. The lowest BCUT2D eigenvalue weighted by atomic mass is 9.85. The molecule has 78 valence electrons. The van der Waals surface area contributed by atoms with Crippen molar-refractivity contribution in [3.05, 3.63) is 0 Å². The van der Waals surface area contributed by atoms with Crippen molar-refractivity contribution in [1.29, 1.82) is 0 Å². The highest BCUT2D eigenvalue weighted by atomic mass is 16.5. The summed E-state index contributed by atoms with van der Waals surface area (Å²) in [5.41, 5.74) is 0. The minimum Gasteiger partial charge on any atom is -0.387 e. The lowest BCUT2D eigenvalue weighted by molar-refractivity contribution is -0.229. The molecule has 5 N–H and O–H groups in total. The van der Waals surface area contributed by atoms with Gasteiger partial charge < -0.3 is 30.3 Å². The van der Waals surface area contributed by atoms with Gasteiger partial charge >= 0.3 is 0 Å². The Balaban J connectivity index is 2.79.